The molecule has 2 aromatic carbocycles. The lowest BCUT2D eigenvalue weighted by atomic mass is 10.2. The molecule has 0 aliphatic rings. The van der Waals surface area contributed by atoms with Gasteiger partial charge in [0, 0.05) is 22.0 Å². The number of nitrogens with zero attached hydrogens (tertiary/aromatic N) is 2. The SMILES string of the molecule is O=C(CON=Cc1ccc(Br)cc1)NCCCCCCNC(=O)CON=Cc1ccc(Br)cc1. The number of unbranched alkanes of at least 4 members (excludes halogenated alkanes) is 3. The number of hydrogen-bond acceptors (Lipinski definition) is 6. The molecule has 0 spiro atoms. The third-order valence-corrected chi connectivity index (χ3v) is 5.49. The number of carbonyl (C=O) groups is 2. The quantitative estimate of drug-likeness (QED) is 0.181. The molecule has 0 bridgehead atoms. The second-order valence-electron chi connectivity index (χ2n) is 7.23. The van der Waals surface area contributed by atoms with Crippen LogP contribution in [0.1, 0.15) is 36.8 Å². The van der Waals surface area contributed by atoms with Crippen molar-refractivity contribution in [3.63, 3.8) is 0 Å². The molecule has 0 atom stereocenters. The minimum Gasteiger partial charge on any atom is -0.386 e. The van der Waals surface area contributed by atoms with Crippen LogP contribution in [0.2, 0.25) is 0 Å². The summed E-state index contributed by atoms with van der Waals surface area (Å²) in [5.41, 5.74) is 1.77. The summed E-state index contributed by atoms with van der Waals surface area (Å²) in [5.74, 6) is -0.411. The maximum absolute atomic E-state index is 11.7. The van der Waals surface area contributed by atoms with E-state index in [0.717, 1.165) is 45.8 Å². The maximum Gasteiger partial charge on any atom is 0.260 e. The van der Waals surface area contributed by atoms with E-state index in [0.29, 0.717) is 13.1 Å². The van der Waals surface area contributed by atoms with Crippen molar-refractivity contribution in [1.82, 2.24) is 10.6 Å². The van der Waals surface area contributed by atoms with Gasteiger partial charge in [0.1, 0.15) is 0 Å². The van der Waals surface area contributed by atoms with Crippen molar-refractivity contribution in [3.05, 3.63) is 68.6 Å². The number of oxime groups is 2. The van der Waals surface area contributed by atoms with Crippen LogP contribution >= 0.6 is 31.9 Å². The average molecular weight is 596 g/mol. The molecule has 0 saturated carbocycles. The Bertz CT molecular complexity index is 857. The van der Waals surface area contributed by atoms with Crippen molar-refractivity contribution in [2.45, 2.75) is 25.7 Å². The maximum atomic E-state index is 11.7. The van der Waals surface area contributed by atoms with Crippen LogP contribution in [-0.4, -0.2) is 50.5 Å². The van der Waals surface area contributed by atoms with Gasteiger partial charge in [0.2, 0.25) is 0 Å². The number of rotatable bonds is 15. The van der Waals surface area contributed by atoms with Gasteiger partial charge in [-0.25, -0.2) is 0 Å². The fourth-order valence-corrected chi connectivity index (χ4v) is 3.18. The minimum absolute atomic E-state index is 0.117. The molecular formula is C24H28Br2N4O4. The van der Waals surface area contributed by atoms with Gasteiger partial charge >= 0.3 is 0 Å². The Morgan fingerprint density at radius 3 is 1.44 bits per heavy atom. The van der Waals surface area contributed by atoms with Crippen molar-refractivity contribution in [1.29, 1.82) is 0 Å². The lowest BCUT2D eigenvalue weighted by Crippen LogP contribution is -2.28. The Kier molecular flexibility index (Phi) is 13.6. The molecule has 0 aliphatic carbocycles. The highest BCUT2D eigenvalue weighted by Gasteiger charge is 2.02. The van der Waals surface area contributed by atoms with Crippen molar-refractivity contribution in [2.75, 3.05) is 26.3 Å². The summed E-state index contributed by atoms with van der Waals surface area (Å²) in [5, 5.41) is 13.2. The number of nitrogens with one attached hydrogen (secondary N) is 2. The molecule has 0 heterocycles. The second kappa shape index (κ2) is 16.8. The van der Waals surface area contributed by atoms with Crippen molar-refractivity contribution >= 4 is 56.1 Å². The number of amides is 2. The van der Waals surface area contributed by atoms with Crippen LogP contribution in [0.15, 0.2) is 67.8 Å². The number of benzene rings is 2. The zero-order valence-electron chi connectivity index (χ0n) is 18.7. The van der Waals surface area contributed by atoms with Gasteiger partial charge in [-0.3, -0.25) is 9.59 Å². The van der Waals surface area contributed by atoms with Gasteiger partial charge in [-0.2, -0.15) is 0 Å². The van der Waals surface area contributed by atoms with Gasteiger partial charge < -0.3 is 20.3 Å². The largest absolute Gasteiger partial charge is 0.386 e. The Morgan fingerprint density at radius 1 is 0.676 bits per heavy atom. The molecule has 2 N–H and O–H groups in total. The van der Waals surface area contributed by atoms with Crippen LogP contribution < -0.4 is 10.6 Å². The first kappa shape index (κ1) is 27.5. The highest BCUT2D eigenvalue weighted by atomic mass is 79.9. The summed E-state index contributed by atoms with van der Waals surface area (Å²) in [6, 6.07) is 15.2. The first-order valence-electron chi connectivity index (χ1n) is 10.9. The molecule has 0 saturated heterocycles. The van der Waals surface area contributed by atoms with E-state index in [9.17, 15) is 9.59 Å². The summed E-state index contributed by atoms with van der Waals surface area (Å²) in [7, 11) is 0. The van der Waals surface area contributed by atoms with Crippen molar-refractivity contribution in [2.24, 2.45) is 10.3 Å². The van der Waals surface area contributed by atoms with E-state index in [1.54, 1.807) is 12.4 Å². The van der Waals surface area contributed by atoms with Crippen LogP contribution in [0.4, 0.5) is 0 Å². The molecule has 2 rings (SSSR count). The van der Waals surface area contributed by atoms with Crippen LogP contribution in [0.3, 0.4) is 0 Å². The van der Waals surface area contributed by atoms with Gasteiger partial charge in [-0.05, 0) is 48.2 Å². The van der Waals surface area contributed by atoms with E-state index in [1.807, 2.05) is 48.5 Å². The van der Waals surface area contributed by atoms with Gasteiger partial charge in [0.15, 0.2) is 13.2 Å². The molecule has 0 radical (unpaired) electrons. The zero-order chi connectivity index (χ0) is 24.4. The first-order valence-corrected chi connectivity index (χ1v) is 12.5. The molecule has 0 unspecified atom stereocenters. The van der Waals surface area contributed by atoms with E-state index < -0.39 is 0 Å². The highest BCUT2D eigenvalue weighted by Crippen LogP contribution is 2.09. The number of halogens is 2. The minimum atomic E-state index is -0.206. The smallest absolute Gasteiger partial charge is 0.260 e. The van der Waals surface area contributed by atoms with E-state index >= 15 is 0 Å². The van der Waals surface area contributed by atoms with E-state index in [1.165, 1.54) is 0 Å². The Hall–Kier alpha value is -2.72. The average Bonchev–Trinajstić information content (AvgIpc) is 2.83. The molecule has 2 aromatic rings. The van der Waals surface area contributed by atoms with Crippen molar-refractivity contribution < 1.29 is 19.3 Å². The van der Waals surface area contributed by atoms with Crippen LogP contribution in [0.5, 0.6) is 0 Å². The molecule has 0 aliphatic heterocycles. The van der Waals surface area contributed by atoms with E-state index in [4.69, 9.17) is 9.68 Å². The lowest BCUT2D eigenvalue weighted by molar-refractivity contribution is -0.126. The van der Waals surface area contributed by atoms with Crippen LogP contribution in [-0.2, 0) is 19.3 Å². The molecule has 10 heteroatoms. The van der Waals surface area contributed by atoms with Crippen LogP contribution in [0, 0.1) is 0 Å². The Labute approximate surface area is 216 Å². The Balaban J connectivity index is 1.39. The fourth-order valence-electron chi connectivity index (χ4n) is 2.65. The molecule has 34 heavy (non-hydrogen) atoms. The molecule has 0 fully saturated rings. The standard InChI is InChI=1S/C24H28Br2N4O4/c25-21-9-5-19(6-10-21)15-29-33-17-23(31)27-13-3-1-2-4-14-28-24(32)18-34-30-16-20-7-11-22(26)12-8-20/h5-12,15-16H,1-4,13-14,17-18H2,(H,27,31)(H,28,32). The summed E-state index contributed by atoms with van der Waals surface area (Å²) >= 11 is 6.72. The molecule has 0 aromatic heterocycles. The van der Waals surface area contributed by atoms with Gasteiger partial charge in [0.05, 0.1) is 12.4 Å². The molecular weight excluding hydrogens is 568 g/mol. The van der Waals surface area contributed by atoms with Gasteiger partial charge in [-0.1, -0.05) is 79.3 Å². The predicted molar refractivity (Wildman–Crippen MR) is 140 cm³/mol. The van der Waals surface area contributed by atoms with Gasteiger partial charge in [-0.15, -0.1) is 0 Å². The summed E-state index contributed by atoms with van der Waals surface area (Å²) in [6.07, 6.45) is 6.73. The highest BCUT2D eigenvalue weighted by molar-refractivity contribution is 9.10. The number of carbonyl (C=O) groups excluding carboxylic acids is 2. The fraction of sp³-hybridized carbons (Fsp3) is 0.333. The normalized spacial score (nSPS) is 11.0. The third-order valence-electron chi connectivity index (χ3n) is 4.43. The number of hydrogen-bond donors (Lipinski definition) is 2. The molecule has 8 nitrogen and oxygen atoms in total. The van der Waals surface area contributed by atoms with E-state index in [2.05, 4.69) is 52.8 Å². The lowest BCUT2D eigenvalue weighted by Gasteiger charge is -2.06. The van der Waals surface area contributed by atoms with E-state index in [-0.39, 0.29) is 25.0 Å². The first-order chi connectivity index (χ1) is 16.5. The summed E-state index contributed by atoms with van der Waals surface area (Å²) in [4.78, 5) is 33.5. The molecule has 182 valence electrons. The van der Waals surface area contributed by atoms with Crippen molar-refractivity contribution in [3.8, 4) is 0 Å². The summed E-state index contributed by atoms with van der Waals surface area (Å²) < 4.78 is 1.97. The Morgan fingerprint density at radius 2 is 1.06 bits per heavy atom. The summed E-state index contributed by atoms with van der Waals surface area (Å²) in [6.45, 7) is 0.924. The zero-order valence-corrected chi connectivity index (χ0v) is 21.9. The second-order valence-corrected chi connectivity index (χ2v) is 9.06. The topological polar surface area (TPSA) is 101 Å². The molecule has 2 amide bonds. The monoisotopic (exact) mass is 594 g/mol. The predicted octanol–water partition coefficient (Wildman–Crippen LogP) is 4.41. The third kappa shape index (κ3) is 13.1. The van der Waals surface area contributed by atoms with Gasteiger partial charge in [0.25, 0.3) is 11.8 Å². The van der Waals surface area contributed by atoms with Crippen LogP contribution in [0.25, 0.3) is 0 Å².